The molecule has 1 saturated heterocycles. The molecule has 1 aromatic heterocycles. The molecule has 0 aliphatic carbocycles. The van der Waals surface area contributed by atoms with Crippen molar-refractivity contribution in [2.45, 2.75) is 32.6 Å². The van der Waals surface area contributed by atoms with Crippen LogP contribution in [0, 0.1) is 6.92 Å². The molecule has 2 aromatic rings. The standard InChI is InChI=1S/C18H21ClN4O3S/c1-3-26-7-6-15(24)20-18-22-21-17(27-18)12-8-16(25)23(10-12)13-5-4-11(2)14(19)9-13/h4-5,9,12H,3,6-8,10H2,1-2H3,(H,20,22,24)/t12-/m1/s1. The van der Waals surface area contributed by atoms with Crippen molar-refractivity contribution in [1.29, 1.82) is 0 Å². The molecule has 144 valence electrons. The van der Waals surface area contributed by atoms with E-state index in [9.17, 15) is 9.59 Å². The van der Waals surface area contributed by atoms with Gasteiger partial charge in [0.25, 0.3) is 0 Å². The zero-order chi connectivity index (χ0) is 19.4. The molecule has 1 fully saturated rings. The van der Waals surface area contributed by atoms with Crippen LogP contribution in [0.1, 0.15) is 36.3 Å². The second-order valence-corrected chi connectivity index (χ2v) is 7.70. The van der Waals surface area contributed by atoms with Gasteiger partial charge >= 0.3 is 0 Å². The third-order valence-electron chi connectivity index (χ3n) is 4.31. The van der Waals surface area contributed by atoms with Crippen molar-refractivity contribution in [2.75, 3.05) is 30.0 Å². The summed E-state index contributed by atoms with van der Waals surface area (Å²) in [7, 11) is 0. The average molecular weight is 409 g/mol. The number of hydrogen-bond acceptors (Lipinski definition) is 6. The normalized spacial score (nSPS) is 16.8. The first-order chi connectivity index (χ1) is 13.0. The number of carbonyl (C=O) groups excluding carboxylic acids is 2. The molecule has 0 radical (unpaired) electrons. The summed E-state index contributed by atoms with van der Waals surface area (Å²) in [6.45, 7) is 5.27. The van der Waals surface area contributed by atoms with Gasteiger partial charge in [-0.2, -0.15) is 0 Å². The number of ether oxygens (including phenoxy) is 1. The van der Waals surface area contributed by atoms with Crippen LogP contribution >= 0.6 is 22.9 Å². The minimum atomic E-state index is -0.162. The SMILES string of the molecule is CCOCCC(=O)Nc1nnc([C@@H]2CC(=O)N(c3ccc(C)c(Cl)c3)C2)s1. The van der Waals surface area contributed by atoms with Crippen molar-refractivity contribution >= 4 is 45.6 Å². The van der Waals surface area contributed by atoms with Crippen molar-refractivity contribution < 1.29 is 14.3 Å². The highest BCUT2D eigenvalue weighted by molar-refractivity contribution is 7.15. The zero-order valence-corrected chi connectivity index (χ0v) is 16.8. The summed E-state index contributed by atoms with van der Waals surface area (Å²) in [4.78, 5) is 26.0. The number of aromatic nitrogens is 2. The van der Waals surface area contributed by atoms with Crippen LogP contribution in [-0.4, -0.2) is 41.8 Å². The molecule has 0 spiro atoms. The second kappa shape index (κ2) is 8.77. The van der Waals surface area contributed by atoms with E-state index in [0.717, 1.165) is 16.3 Å². The molecule has 2 amide bonds. The van der Waals surface area contributed by atoms with E-state index in [2.05, 4.69) is 15.5 Å². The van der Waals surface area contributed by atoms with Gasteiger partial charge in [-0.1, -0.05) is 29.0 Å². The number of amides is 2. The van der Waals surface area contributed by atoms with Gasteiger partial charge in [-0.15, -0.1) is 10.2 Å². The summed E-state index contributed by atoms with van der Waals surface area (Å²) in [6, 6.07) is 5.60. The minimum Gasteiger partial charge on any atom is -0.381 e. The van der Waals surface area contributed by atoms with Crippen LogP contribution in [0.2, 0.25) is 5.02 Å². The molecule has 0 saturated carbocycles. The van der Waals surface area contributed by atoms with Gasteiger partial charge in [-0.25, -0.2) is 0 Å². The molecule has 1 aliphatic heterocycles. The third-order valence-corrected chi connectivity index (χ3v) is 5.71. The maximum atomic E-state index is 12.4. The van der Waals surface area contributed by atoms with Crippen LogP contribution < -0.4 is 10.2 Å². The average Bonchev–Trinajstić information content (AvgIpc) is 3.24. The molecule has 2 heterocycles. The third kappa shape index (κ3) is 4.82. The second-order valence-electron chi connectivity index (χ2n) is 6.28. The summed E-state index contributed by atoms with van der Waals surface area (Å²) in [5.41, 5.74) is 1.75. The molecule has 27 heavy (non-hydrogen) atoms. The van der Waals surface area contributed by atoms with Gasteiger partial charge in [0.05, 0.1) is 13.0 Å². The molecule has 3 rings (SSSR count). The Labute approximate surface area is 166 Å². The van der Waals surface area contributed by atoms with Crippen LogP contribution in [0.5, 0.6) is 0 Å². The number of rotatable bonds is 7. The van der Waals surface area contributed by atoms with E-state index < -0.39 is 0 Å². The number of nitrogens with one attached hydrogen (secondary N) is 1. The first-order valence-electron chi connectivity index (χ1n) is 8.75. The maximum absolute atomic E-state index is 12.4. The molecule has 0 unspecified atom stereocenters. The minimum absolute atomic E-state index is 0.0254. The van der Waals surface area contributed by atoms with Crippen molar-refractivity contribution in [2.24, 2.45) is 0 Å². The van der Waals surface area contributed by atoms with Crippen LogP contribution in [0.25, 0.3) is 0 Å². The number of anilines is 2. The number of benzene rings is 1. The zero-order valence-electron chi connectivity index (χ0n) is 15.2. The Bertz CT molecular complexity index is 842. The quantitative estimate of drug-likeness (QED) is 0.710. The highest BCUT2D eigenvalue weighted by Gasteiger charge is 2.34. The fraction of sp³-hybridized carbons (Fsp3) is 0.444. The van der Waals surface area contributed by atoms with E-state index in [4.69, 9.17) is 16.3 Å². The Morgan fingerprint density at radius 1 is 1.44 bits per heavy atom. The number of hydrogen-bond donors (Lipinski definition) is 1. The largest absolute Gasteiger partial charge is 0.381 e. The van der Waals surface area contributed by atoms with E-state index in [-0.39, 0.29) is 24.2 Å². The number of aryl methyl sites for hydroxylation is 1. The fourth-order valence-corrected chi connectivity index (χ4v) is 3.84. The Morgan fingerprint density at radius 3 is 3.00 bits per heavy atom. The van der Waals surface area contributed by atoms with Crippen LogP contribution in [0.4, 0.5) is 10.8 Å². The van der Waals surface area contributed by atoms with E-state index in [1.165, 1.54) is 11.3 Å². The van der Waals surface area contributed by atoms with Gasteiger partial charge < -0.3 is 15.0 Å². The van der Waals surface area contributed by atoms with Gasteiger partial charge in [-0.05, 0) is 31.5 Å². The van der Waals surface area contributed by atoms with E-state index >= 15 is 0 Å². The molecule has 7 nitrogen and oxygen atoms in total. The Hall–Kier alpha value is -2.03. The topological polar surface area (TPSA) is 84.4 Å². The Morgan fingerprint density at radius 2 is 2.26 bits per heavy atom. The van der Waals surface area contributed by atoms with E-state index in [0.29, 0.717) is 36.3 Å². The van der Waals surface area contributed by atoms with Gasteiger partial charge in [0.1, 0.15) is 5.01 Å². The van der Waals surface area contributed by atoms with Gasteiger partial charge in [0.2, 0.25) is 16.9 Å². The van der Waals surface area contributed by atoms with Crippen LogP contribution in [0.3, 0.4) is 0 Å². The summed E-state index contributed by atoms with van der Waals surface area (Å²) < 4.78 is 5.16. The van der Waals surface area contributed by atoms with Crippen LogP contribution in [0.15, 0.2) is 18.2 Å². The predicted molar refractivity (Wildman–Crippen MR) is 106 cm³/mol. The number of carbonyl (C=O) groups is 2. The fourth-order valence-electron chi connectivity index (χ4n) is 2.81. The number of nitrogens with zero attached hydrogens (tertiary/aromatic N) is 3. The van der Waals surface area contributed by atoms with E-state index in [1.54, 1.807) is 11.0 Å². The Balaban J connectivity index is 1.63. The molecule has 1 N–H and O–H groups in total. The van der Waals surface area contributed by atoms with Gasteiger partial charge in [0, 0.05) is 36.2 Å². The highest BCUT2D eigenvalue weighted by atomic mass is 35.5. The van der Waals surface area contributed by atoms with Gasteiger partial charge in [-0.3, -0.25) is 9.59 Å². The van der Waals surface area contributed by atoms with Crippen molar-refractivity contribution in [1.82, 2.24) is 10.2 Å². The first kappa shape index (κ1) is 19.7. The smallest absolute Gasteiger partial charge is 0.228 e. The first-order valence-corrected chi connectivity index (χ1v) is 9.95. The van der Waals surface area contributed by atoms with Crippen LogP contribution in [-0.2, 0) is 14.3 Å². The van der Waals surface area contributed by atoms with Gasteiger partial charge in [0.15, 0.2) is 0 Å². The molecule has 1 aromatic carbocycles. The van der Waals surface area contributed by atoms with Crippen molar-refractivity contribution in [3.05, 3.63) is 33.8 Å². The summed E-state index contributed by atoms with van der Waals surface area (Å²) >= 11 is 7.49. The molecule has 9 heteroatoms. The summed E-state index contributed by atoms with van der Waals surface area (Å²) in [6.07, 6.45) is 0.630. The highest BCUT2D eigenvalue weighted by Crippen LogP contribution is 2.35. The molecular formula is C18H21ClN4O3S. The molecule has 1 atom stereocenters. The van der Waals surface area contributed by atoms with Crippen molar-refractivity contribution in [3.8, 4) is 0 Å². The molecule has 0 bridgehead atoms. The van der Waals surface area contributed by atoms with Crippen molar-refractivity contribution in [3.63, 3.8) is 0 Å². The van der Waals surface area contributed by atoms with E-state index in [1.807, 2.05) is 26.0 Å². The Kier molecular flexibility index (Phi) is 6.41. The lowest BCUT2D eigenvalue weighted by Crippen LogP contribution is -2.24. The predicted octanol–water partition coefficient (Wildman–Crippen LogP) is 3.39. The summed E-state index contributed by atoms with van der Waals surface area (Å²) in [5.74, 6) is -0.189. The molecular weight excluding hydrogens is 388 g/mol. The lowest BCUT2D eigenvalue weighted by molar-refractivity contribution is -0.118. The summed E-state index contributed by atoms with van der Waals surface area (Å²) in [5, 5.41) is 12.7. The lowest BCUT2D eigenvalue weighted by atomic mass is 10.1. The number of halogens is 1. The molecule has 1 aliphatic rings. The monoisotopic (exact) mass is 408 g/mol. The maximum Gasteiger partial charge on any atom is 0.228 e. The lowest BCUT2D eigenvalue weighted by Gasteiger charge is -2.17.